The van der Waals surface area contributed by atoms with Crippen LogP contribution in [0.25, 0.3) is 0 Å². The first kappa shape index (κ1) is 20.3. The van der Waals surface area contributed by atoms with Crippen LogP contribution in [0.5, 0.6) is 5.75 Å². The van der Waals surface area contributed by atoms with Crippen molar-refractivity contribution in [2.45, 2.75) is 26.4 Å². The van der Waals surface area contributed by atoms with E-state index in [0.29, 0.717) is 23.1 Å². The molecule has 1 atom stereocenters. The van der Waals surface area contributed by atoms with Crippen molar-refractivity contribution in [2.24, 2.45) is 0 Å². The van der Waals surface area contributed by atoms with Crippen LogP contribution >= 0.6 is 22.9 Å². The van der Waals surface area contributed by atoms with Gasteiger partial charge in [-0.1, -0.05) is 41.9 Å². The van der Waals surface area contributed by atoms with Crippen LogP contribution in [0.2, 0.25) is 5.02 Å². The number of halogens is 1. The first-order chi connectivity index (χ1) is 13.5. The van der Waals surface area contributed by atoms with Crippen LogP contribution in [0.15, 0.2) is 53.9 Å². The summed E-state index contributed by atoms with van der Waals surface area (Å²) < 4.78 is 5.40. The molecule has 0 aliphatic heterocycles. The molecule has 0 radical (unpaired) electrons. The highest BCUT2D eigenvalue weighted by Gasteiger charge is 2.21. The topological polar surface area (TPSA) is 54.5 Å². The second kappa shape index (κ2) is 9.19. The van der Waals surface area contributed by atoms with Crippen molar-refractivity contribution in [2.75, 3.05) is 12.0 Å². The molecule has 0 aliphatic carbocycles. The SMILES string of the molecule is COc1ccccc1N(C(C)=O)c1nc(CN[C@H](C)c2ccccc2Cl)cs1. The van der Waals surface area contributed by atoms with Gasteiger partial charge in [-0.05, 0) is 30.7 Å². The Morgan fingerprint density at radius 3 is 2.68 bits per heavy atom. The molecule has 146 valence electrons. The lowest BCUT2D eigenvalue weighted by Crippen LogP contribution is -2.23. The number of hydrogen-bond acceptors (Lipinski definition) is 5. The maximum Gasteiger partial charge on any atom is 0.230 e. The van der Waals surface area contributed by atoms with Gasteiger partial charge in [-0.15, -0.1) is 11.3 Å². The Balaban J connectivity index is 1.76. The maximum atomic E-state index is 12.3. The first-order valence-electron chi connectivity index (χ1n) is 8.87. The first-order valence-corrected chi connectivity index (χ1v) is 10.1. The monoisotopic (exact) mass is 415 g/mol. The molecule has 3 rings (SSSR count). The summed E-state index contributed by atoms with van der Waals surface area (Å²) in [5.74, 6) is 0.503. The summed E-state index contributed by atoms with van der Waals surface area (Å²) in [4.78, 5) is 18.5. The van der Waals surface area contributed by atoms with E-state index in [0.717, 1.165) is 16.3 Å². The van der Waals surface area contributed by atoms with E-state index < -0.39 is 0 Å². The quantitative estimate of drug-likeness (QED) is 0.565. The number of aromatic nitrogens is 1. The summed E-state index contributed by atoms with van der Waals surface area (Å²) in [7, 11) is 1.59. The fraction of sp³-hybridized carbons (Fsp3) is 0.238. The number of amides is 1. The number of ether oxygens (including phenoxy) is 1. The number of carbonyl (C=O) groups is 1. The van der Waals surface area contributed by atoms with Gasteiger partial charge in [-0.3, -0.25) is 9.69 Å². The molecule has 1 N–H and O–H groups in total. The molecule has 0 aliphatic rings. The number of rotatable bonds is 7. The van der Waals surface area contributed by atoms with Gasteiger partial charge in [0.2, 0.25) is 5.91 Å². The van der Waals surface area contributed by atoms with Crippen molar-refractivity contribution in [1.29, 1.82) is 0 Å². The van der Waals surface area contributed by atoms with Gasteiger partial charge in [0.15, 0.2) is 5.13 Å². The van der Waals surface area contributed by atoms with Gasteiger partial charge in [0.05, 0.1) is 18.5 Å². The van der Waals surface area contributed by atoms with Gasteiger partial charge in [-0.25, -0.2) is 4.98 Å². The van der Waals surface area contributed by atoms with E-state index in [1.165, 1.54) is 18.3 Å². The Morgan fingerprint density at radius 1 is 1.25 bits per heavy atom. The largest absolute Gasteiger partial charge is 0.495 e. The summed E-state index contributed by atoms with van der Waals surface area (Å²) >= 11 is 7.69. The molecule has 1 amide bonds. The number of nitrogens with zero attached hydrogens (tertiary/aromatic N) is 2. The molecule has 3 aromatic rings. The van der Waals surface area contributed by atoms with E-state index in [9.17, 15) is 4.79 Å². The molecule has 0 unspecified atom stereocenters. The minimum atomic E-state index is -0.122. The fourth-order valence-electron chi connectivity index (χ4n) is 2.90. The number of para-hydroxylation sites is 2. The standard InChI is InChI=1S/C21H22ClN3O2S/c1-14(17-8-4-5-9-18(17)22)23-12-16-13-28-21(24-16)25(15(2)26)19-10-6-7-11-20(19)27-3/h4-11,13-14,23H,12H2,1-3H3/t14-/m1/s1. The highest BCUT2D eigenvalue weighted by atomic mass is 35.5. The lowest BCUT2D eigenvalue weighted by molar-refractivity contribution is -0.115. The normalized spacial score (nSPS) is 11.9. The lowest BCUT2D eigenvalue weighted by atomic mass is 10.1. The van der Waals surface area contributed by atoms with E-state index in [1.54, 1.807) is 12.0 Å². The molecule has 1 heterocycles. The minimum absolute atomic E-state index is 0.0805. The third-order valence-corrected chi connectivity index (χ3v) is 5.55. The maximum absolute atomic E-state index is 12.3. The lowest BCUT2D eigenvalue weighted by Gasteiger charge is -2.20. The molecule has 0 spiro atoms. The van der Waals surface area contributed by atoms with Gasteiger partial charge in [0, 0.05) is 29.9 Å². The number of thiazole rings is 1. The van der Waals surface area contributed by atoms with Crippen LogP contribution < -0.4 is 15.0 Å². The molecule has 0 fully saturated rings. The van der Waals surface area contributed by atoms with Gasteiger partial charge >= 0.3 is 0 Å². The van der Waals surface area contributed by atoms with Gasteiger partial charge in [-0.2, -0.15) is 0 Å². The highest BCUT2D eigenvalue weighted by molar-refractivity contribution is 7.14. The number of benzene rings is 2. The minimum Gasteiger partial charge on any atom is -0.495 e. The van der Waals surface area contributed by atoms with Crippen molar-refractivity contribution in [3.63, 3.8) is 0 Å². The molecule has 0 saturated carbocycles. The molecule has 28 heavy (non-hydrogen) atoms. The van der Waals surface area contributed by atoms with Crippen LogP contribution in [0.4, 0.5) is 10.8 Å². The van der Waals surface area contributed by atoms with Gasteiger partial charge < -0.3 is 10.1 Å². The Hall–Kier alpha value is -2.41. The predicted molar refractivity (Wildman–Crippen MR) is 115 cm³/mol. The number of carbonyl (C=O) groups excluding carboxylic acids is 1. The zero-order chi connectivity index (χ0) is 20.1. The Morgan fingerprint density at radius 2 is 1.96 bits per heavy atom. The van der Waals surface area contributed by atoms with Crippen LogP contribution in [-0.4, -0.2) is 18.0 Å². The molecular weight excluding hydrogens is 394 g/mol. The van der Waals surface area contributed by atoms with E-state index in [1.807, 2.05) is 53.9 Å². The van der Waals surface area contributed by atoms with Crippen molar-refractivity contribution in [3.05, 3.63) is 70.2 Å². The average Bonchev–Trinajstić information content (AvgIpc) is 3.15. The molecule has 1 aromatic heterocycles. The average molecular weight is 416 g/mol. The van der Waals surface area contributed by atoms with Crippen molar-refractivity contribution >= 4 is 39.7 Å². The molecular formula is C21H22ClN3O2S. The van der Waals surface area contributed by atoms with E-state index in [4.69, 9.17) is 16.3 Å². The molecule has 2 aromatic carbocycles. The summed E-state index contributed by atoms with van der Waals surface area (Å²) in [6, 6.07) is 15.3. The molecule has 0 saturated heterocycles. The summed E-state index contributed by atoms with van der Waals surface area (Å²) in [5, 5.41) is 6.73. The number of nitrogens with one attached hydrogen (secondary N) is 1. The zero-order valence-electron chi connectivity index (χ0n) is 16.0. The van der Waals surface area contributed by atoms with Crippen molar-refractivity contribution in [1.82, 2.24) is 10.3 Å². The number of methoxy groups -OCH3 is 1. The third-order valence-electron chi connectivity index (χ3n) is 4.33. The van der Waals surface area contributed by atoms with Crippen LogP contribution in [0, 0.1) is 0 Å². The highest BCUT2D eigenvalue weighted by Crippen LogP contribution is 2.35. The zero-order valence-corrected chi connectivity index (χ0v) is 17.6. The summed E-state index contributed by atoms with van der Waals surface area (Å²) in [6.07, 6.45) is 0. The fourth-order valence-corrected chi connectivity index (χ4v) is 4.08. The molecule has 5 nitrogen and oxygen atoms in total. The van der Waals surface area contributed by atoms with Crippen molar-refractivity contribution in [3.8, 4) is 5.75 Å². The second-order valence-electron chi connectivity index (χ2n) is 6.27. The van der Waals surface area contributed by atoms with Crippen molar-refractivity contribution < 1.29 is 9.53 Å². The Kier molecular flexibility index (Phi) is 6.67. The molecule has 0 bridgehead atoms. The summed E-state index contributed by atoms with van der Waals surface area (Å²) in [6.45, 7) is 4.15. The van der Waals surface area contributed by atoms with E-state index in [-0.39, 0.29) is 11.9 Å². The van der Waals surface area contributed by atoms with Crippen LogP contribution in [-0.2, 0) is 11.3 Å². The third kappa shape index (κ3) is 4.52. The second-order valence-corrected chi connectivity index (χ2v) is 7.52. The van der Waals surface area contributed by atoms with Gasteiger partial charge in [0.25, 0.3) is 0 Å². The van der Waals surface area contributed by atoms with Crippen LogP contribution in [0.3, 0.4) is 0 Å². The Bertz CT molecular complexity index is 960. The van der Waals surface area contributed by atoms with E-state index >= 15 is 0 Å². The number of anilines is 2. The summed E-state index contributed by atoms with van der Waals surface area (Å²) in [5.41, 5.74) is 2.58. The van der Waals surface area contributed by atoms with Crippen LogP contribution in [0.1, 0.15) is 31.1 Å². The Labute approximate surface area is 173 Å². The molecule has 7 heteroatoms. The van der Waals surface area contributed by atoms with Gasteiger partial charge in [0.1, 0.15) is 5.75 Å². The number of hydrogen-bond donors (Lipinski definition) is 1. The van der Waals surface area contributed by atoms with E-state index in [2.05, 4.69) is 17.2 Å². The predicted octanol–water partition coefficient (Wildman–Crippen LogP) is 5.34. The smallest absolute Gasteiger partial charge is 0.230 e.